The van der Waals surface area contributed by atoms with Crippen molar-refractivity contribution in [2.24, 2.45) is 11.5 Å². The van der Waals surface area contributed by atoms with Gasteiger partial charge in [-0.05, 0) is 117 Å². The molecule has 4 bridgehead atoms. The number of carbonyl (C=O) groups is 13. The molecule has 8 rings (SSSR count). The number of benzene rings is 5. The van der Waals surface area contributed by atoms with E-state index in [1.807, 2.05) is 0 Å². The molecule has 6 aromatic rings. The van der Waals surface area contributed by atoms with Gasteiger partial charge in [0.25, 0.3) is 17.7 Å². The second kappa shape index (κ2) is 36.5. The summed E-state index contributed by atoms with van der Waals surface area (Å²) < 4.78 is 0. The number of imidazole rings is 1. The monoisotopic (exact) mass is 1390 g/mol. The molecule has 0 spiro atoms. The van der Waals surface area contributed by atoms with Crippen LogP contribution in [0.1, 0.15) is 111 Å². The van der Waals surface area contributed by atoms with Gasteiger partial charge in [0.05, 0.1) is 18.6 Å². The number of aromatic amines is 1. The van der Waals surface area contributed by atoms with Crippen LogP contribution in [0.2, 0.25) is 0 Å². The fourth-order valence-electron chi connectivity index (χ4n) is 11.1. The normalized spacial score (nSPS) is 22.5. The lowest BCUT2D eigenvalue weighted by Crippen LogP contribution is -2.60. The molecular weight excluding hydrogens is 1300 g/mol. The highest BCUT2D eigenvalue weighted by atomic mass is 16.3. The summed E-state index contributed by atoms with van der Waals surface area (Å²) in [6.07, 6.45) is 2.39. The Morgan fingerprint density at radius 1 is 0.495 bits per heavy atom. The number of nitrogens with one attached hydrogen (secondary N) is 13. The maximum Gasteiger partial charge on any atom is 0.252 e. The minimum Gasteiger partial charge on any atom is -0.508 e. The zero-order chi connectivity index (χ0) is 72.5. The van der Waals surface area contributed by atoms with E-state index in [1.54, 1.807) is 48.5 Å². The summed E-state index contributed by atoms with van der Waals surface area (Å²) in [6.45, 7) is -0.0835. The molecule has 3 heterocycles. The molecule has 0 saturated carbocycles. The van der Waals surface area contributed by atoms with Crippen molar-refractivity contribution in [3.05, 3.63) is 185 Å². The zero-order valence-corrected chi connectivity index (χ0v) is 55.2. The van der Waals surface area contributed by atoms with Gasteiger partial charge in [0.15, 0.2) is 0 Å². The van der Waals surface area contributed by atoms with Gasteiger partial charge in [-0.15, -0.1) is 0 Å². The number of amides is 13. The van der Waals surface area contributed by atoms with Crippen molar-refractivity contribution in [2.45, 2.75) is 126 Å². The van der Waals surface area contributed by atoms with Gasteiger partial charge in [-0.3, -0.25) is 62.3 Å². The molecule has 31 heteroatoms. The lowest BCUT2D eigenvalue weighted by Gasteiger charge is -2.27. The van der Waals surface area contributed by atoms with Crippen LogP contribution >= 0.6 is 0 Å². The summed E-state index contributed by atoms with van der Waals surface area (Å²) in [7, 11) is 0. The van der Waals surface area contributed by atoms with Gasteiger partial charge >= 0.3 is 0 Å². The summed E-state index contributed by atoms with van der Waals surface area (Å²) in [4.78, 5) is 195. The van der Waals surface area contributed by atoms with E-state index in [-0.39, 0.29) is 110 Å². The quantitative estimate of drug-likeness (QED) is 0.0555. The Hall–Kier alpha value is -12.0. The molecule has 0 fully saturated rings. The fourth-order valence-corrected chi connectivity index (χ4v) is 11.1. The molecule has 19 N–H and O–H groups in total. The van der Waals surface area contributed by atoms with Gasteiger partial charge in [-0.2, -0.15) is 0 Å². The van der Waals surface area contributed by atoms with Crippen LogP contribution in [0.3, 0.4) is 0 Å². The average molecular weight is 1390 g/mol. The first-order chi connectivity index (χ1) is 48.5. The smallest absolute Gasteiger partial charge is 0.252 e. The summed E-state index contributed by atoms with van der Waals surface area (Å²) in [5.74, 6) is -12.6. The van der Waals surface area contributed by atoms with Gasteiger partial charge in [0.2, 0.25) is 59.1 Å². The Kier molecular flexibility index (Phi) is 27.0. The van der Waals surface area contributed by atoms with Crippen LogP contribution in [0.4, 0.5) is 0 Å². The predicted octanol–water partition coefficient (Wildman–Crippen LogP) is -1.45. The predicted molar refractivity (Wildman–Crippen MR) is 364 cm³/mol. The van der Waals surface area contributed by atoms with Gasteiger partial charge in [0.1, 0.15) is 65.9 Å². The molecule has 0 saturated heterocycles. The number of hydrogen-bond donors (Lipinski definition) is 17. The van der Waals surface area contributed by atoms with Crippen molar-refractivity contribution in [1.82, 2.24) is 73.8 Å². The molecule has 2 aliphatic heterocycles. The van der Waals surface area contributed by atoms with E-state index < -0.39 is 144 Å². The first-order valence-electron chi connectivity index (χ1n) is 32.8. The summed E-state index contributed by atoms with van der Waals surface area (Å²) in [5, 5.41) is 51.9. The summed E-state index contributed by atoms with van der Waals surface area (Å²) >= 11 is 0. The number of primary amides is 1. The van der Waals surface area contributed by atoms with Crippen molar-refractivity contribution >= 4 is 76.8 Å². The molecule has 101 heavy (non-hydrogen) atoms. The van der Waals surface area contributed by atoms with Gasteiger partial charge < -0.3 is 90.5 Å². The molecule has 2 aliphatic rings. The first-order valence-corrected chi connectivity index (χ1v) is 32.8. The standard InChI is InChI=1S/C70H82N16O15/c1-39-60(91)80-51-17-9-11-27-74-61(92)44-31-45(33-46(32-44)63(94)86-58(43-14-6-3-7-15-43)70(101)84-53(67(98)78-39)29-41-18-22-48(87)23-19-41)62(93)75-36-56(59(72)90)85-69(100)55(34-47-35-73-38-77-47)83-65(96)50(16-8-10-26-71)79-57(89)37-76-64(95)52(28-40-12-4-2-5-13-40)81-68(99)54(82-66(51)97)30-42-20-24-49(88)25-21-42/h2-7,12-15,18-25,31-33,35,38-39,50-56,58,87-88H,8-11,16-17,26-30,34,36-37,71H2,1H3,(H2,72,90)(H,73,77)(H,74,92)(H,75,93)(H,76,95)(H,78,98)(H,79,89)(H,80,91)(H,81,99)(H,82,97)(H,83,96)(H,84,101)(H,85,100)(H,86,94)/t39-,50-,51+,52?,53?,54?,55?,56+,58?/m1/s1. The number of hydrogen-bond acceptors (Lipinski definition) is 17. The van der Waals surface area contributed by atoms with E-state index in [4.69, 9.17) is 11.5 Å². The van der Waals surface area contributed by atoms with Crippen LogP contribution in [0.25, 0.3) is 0 Å². The van der Waals surface area contributed by atoms with Crippen LogP contribution in [0.15, 0.2) is 140 Å². The van der Waals surface area contributed by atoms with Crippen molar-refractivity contribution in [1.29, 1.82) is 0 Å². The number of phenols is 2. The Labute approximate surface area is 580 Å². The first kappa shape index (κ1) is 74.8. The molecule has 0 aliphatic carbocycles. The number of carbonyl (C=O) groups excluding carboxylic acids is 13. The highest BCUT2D eigenvalue weighted by molar-refractivity contribution is 6.06. The number of aromatic hydroxyl groups is 2. The Morgan fingerprint density at radius 2 is 1.01 bits per heavy atom. The minimum atomic E-state index is -1.70. The number of fused-ring (bicyclic) bond motifs is 8. The van der Waals surface area contributed by atoms with Crippen molar-refractivity contribution in [2.75, 3.05) is 26.2 Å². The van der Waals surface area contributed by atoms with Gasteiger partial charge in [0, 0.05) is 61.7 Å². The molecule has 1 aromatic heterocycles. The maximum atomic E-state index is 15.0. The van der Waals surface area contributed by atoms with E-state index in [0.29, 0.717) is 23.1 Å². The number of H-pyrrole nitrogens is 1. The van der Waals surface area contributed by atoms with Gasteiger partial charge in [-0.25, -0.2) is 4.98 Å². The molecule has 13 amide bonds. The molecular formula is C70H82N16O15. The van der Waals surface area contributed by atoms with Crippen molar-refractivity contribution in [3.8, 4) is 11.5 Å². The van der Waals surface area contributed by atoms with Gasteiger partial charge in [-0.1, -0.05) is 84.9 Å². The average Bonchev–Trinajstić information content (AvgIpc) is 1.18. The molecule has 31 nitrogen and oxygen atoms in total. The van der Waals surface area contributed by atoms with E-state index >= 15 is 0 Å². The number of rotatable bonds is 14. The summed E-state index contributed by atoms with van der Waals surface area (Å²) in [5.41, 5.74) is 12.5. The highest BCUT2D eigenvalue weighted by Crippen LogP contribution is 2.20. The van der Waals surface area contributed by atoms with E-state index in [0.717, 1.165) is 18.2 Å². The van der Waals surface area contributed by atoms with Crippen LogP contribution in [0.5, 0.6) is 11.5 Å². The van der Waals surface area contributed by atoms with Crippen LogP contribution < -0.4 is 75.3 Å². The van der Waals surface area contributed by atoms with Crippen LogP contribution in [-0.4, -0.2) is 171 Å². The van der Waals surface area contributed by atoms with Crippen LogP contribution in [-0.2, 0) is 73.6 Å². The van der Waals surface area contributed by atoms with Crippen molar-refractivity contribution in [3.63, 3.8) is 0 Å². The third kappa shape index (κ3) is 22.5. The summed E-state index contributed by atoms with van der Waals surface area (Å²) in [6, 6.07) is 17.2. The molecule has 5 aromatic carbocycles. The number of nitrogens with zero attached hydrogens (tertiary/aromatic N) is 1. The van der Waals surface area contributed by atoms with E-state index in [9.17, 15) is 72.5 Å². The van der Waals surface area contributed by atoms with E-state index in [1.165, 1.54) is 80.1 Å². The maximum absolute atomic E-state index is 15.0. The number of aromatic nitrogens is 2. The lowest BCUT2D eigenvalue weighted by molar-refractivity contribution is -0.135. The largest absolute Gasteiger partial charge is 0.508 e. The third-order valence-electron chi connectivity index (χ3n) is 16.7. The second-order valence-corrected chi connectivity index (χ2v) is 24.4. The Bertz CT molecular complexity index is 3940. The Morgan fingerprint density at radius 3 is 1.59 bits per heavy atom. The lowest BCUT2D eigenvalue weighted by atomic mass is 10.0. The Balaban J connectivity index is 1.22. The van der Waals surface area contributed by atoms with Crippen LogP contribution in [0, 0.1) is 0 Å². The SMILES string of the molecule is C[C@H]1NC(=O)C(Cc2ccc(O)cc2)NC(=O)C(c2ccccc2)NC(=O)c2cc3cc(c2)C(=O)NC[C@@H](C(N)=O)NC(=O)C(Cc2c[nH]cn2)NC(=O)[C@@H](CCCCN)NC(=O)CNC(=O)C(Cc2ccccc2)NC(=O)C(Cc2ccc(O)cc2)NC(=O)[C@H](CCCCNC3=O)NC1=O. The zero-order valence-electron chi connectivity index (χ0n) is 55.2. The van der Waals surface area contributed by atoms with Crippen molar-refractivity contribution < 1.29 is 72.5 Å². The number of phenolic OH excluding ortho intramolecular Hbond substituents is 2. The van der Waals surface area contributed by atoms with E-state index in [2.05, 4.69) is 73.8 Å². The topological polar surface area (TPSA) is 487 Å². The molecule has 532 valence electrons. The molecule has 0 radical (unpaired) electrons. The number of nitrogens with two attached hydrogens (primary N) is 2. The number of unbranched alkanes of at least 4 members (excludes halogenated alkanes) is 1. The highest BCUT2D eigenvalue weighted by Gasteiger charge is 2.36. The molecule has 5 unspecified atom stereocenters. The third-order valence-corrected chi connectivity index (χ3v) is 16.7. The molecule has 9 atom stereocenters. The second-order valence-electron chi connectivity index (χ2n) is 24.4. The fraction of sp³-hybridized carbons (Fsp3) is 0.343. The minimum absolute atomic E-state index is 0.0328.